The van der Waals surface area contributed by atoms with E-state index in [1.165, 1.54) is 0 Å². The van der Waals surface area contributed by atoms with Gasteiger partial charge in [-0.1, -0.05) is 0 Å². The van der Waals surface area contributed by atoms with Crippen molar-refractivity contribution in [2.24, 2.45) is 0 Å². The summed E-state index contributed by atoms with van der Waals surface area (Å²) in [5, 5.41) is 2.93. The van der Waals surface area contributed by atoms with Crippen LogP contribution in [0.3, 0.4) is 0 Å². The van der Waals surface area contributed by atoms with Crippen LogP contribution in [0.5, 0.6) is 23.0 Å². The molecule has 0 aromatic heterocycles. The van der Waals surface area contributed by atoms with Gasteiger partial charge in [-0.3, -0.25) is 9.69 Å². The van der Waals surface area contributed by atoms with Crippen LogP contribution in [0.4, 0.5) is 5.69 Å². The van der Waals surface area contributed by atoms with E-state index in [0.717, 1.165) is 11.1 Å². The highest BCUT2D eigenvalue weighted by Crippen LogP contribution is 2.31. The van der Waals surface area contributed by atoms with Crippen LogP contribution in [0.1, 0.15) is 18.1 Å². The summed E-state index contributed by atoms with van der Waals surface area (Å²) in [5.74, 6) is 2.42. The highest BCUT2D eigenvalue weighted by atomic mass is 16.5. The number of benzene rings is 2. The van der Waals surface area contributed by atoms with Gasteiger partial charge in [0.15, 0.2) is 23.0 Å². The van der Waals surface area contributed by atoms with Gasteiger partial charge in [0.25, 0.3) is 0 Å². The van der Waals surface area contributed by atoms with Crippen molar-refractivity contribution in [3.63, 3.8) is 0 Å². The number of hydrogen-bond donors (Lipinski definition) is 1. The maximum absolute atomic E-state index is 12.7. The summed E-state index contributed by atoms with van der Waals surface area (Å²) in [6.45, 7) is 4.47. The highest BCUT2D eigenvalue weighted by molar-refractivity contribution is 5.94. The molecule has 2 aromatic rings. The topological polar surface area (TPSA) is 69.3 Å². The lowest BCUT2D eigenvalue weighted by Gasteiger charge is -2.25. The van der Waals surface area contributed by atoms with Gasteiger partial charge in [0.05, 0.1) is 34.5 Å². The fourth-order valence-electron chi connectivity index (χ4n) is 2.96. The van der Waals surface area contributed by atoms with Crippen molar-refractivity contribution < 1.29 is 23.7 Å². The smallest absolute Gasteiger partial charge is 0.241 e. The van der Waals surface area contributed by atoms with Gasteiger partial charge in [0.1, 0.15) is 0 Å². The largest absolute Gasteiger partial charge is 0.493 e. The second-order valence-electron chi connectivity index (χ2n) is 6.78. The molecule has 0 unspecified atom stereocenters. The zero-order chi connectivity index (χ0) is 21.6. The van der Waals surface area contributed by atoms with Gasteiger partial charge in [0, 0.05) is 18.3 Å². The van der Waals surface area contributed by atoms with E-state index < -0.39 is 0 Å². The number of anilines is 1. The minimum atomic E-state index is -0.351. The quantitative estimate of drug-likeness (QED) is 0.693. The van der Waals surface area contributed by atoms with Gasteiger partial charge in [-0.15, -0.1) is 0 Å². The molecule has 1 atom stereocenters. The van der Waals surface area contributed by atoms with Crippen LogP contribution < -0.4 is 24.3 Å². The number of carbonyl (C=O) groups is 1. The zero-order valence-electron chi connectivity index (χ0n) is 18.2. The number of nitrogens with zero attached hydrogens (tertiary/aromatic N) is 1. The predicted molar refractivity (Wildman–Crippen MR) is 113 cm³/mol. The normalized spacial score (nSPS) is 11.7. The number of amides is 1. The van der Waals surface area contributed by atoms with E-state index in [1.807, 2.05) is 37.9 Å². The molecule has 0 heterocycles. The van der Waals surface area contributed by atoms with Crippen LogP contribution >= 0.6 is 0 Å². The number of likely N-dealkylation sites (N-methyl/N-ethyl adjacent to an activating group) is 1. The molecule has 158 valence electrons. The summed E-state index contributed by atoms with van der Waals surface area (Å²) in [6.07, 6.45) is 0. The number of rotatable bonds is 9. The SMILES string of the molecule is COc1ccc(NC(=O)[C@@H](C)N(C)Cc2cc(OC)c(OC)cc2C)cc1OC. The summed E-state index contributed by atoms with van der Waals surface area (Å²) < 4.78 is 21.3. The molecule has 1 N–H and O–H groups in total. The highest BCUT2D eigenvalue weighted by Gasteiger charge is 2.20. The Bertz CT molecular complexity index is 853. The first-order chi connectivity index (χ1) is 13.8. The Balaban J connectivity index is 2.10. The number of methoxy groups -OCH3 is 4. The Morgan fingerprint density at radius 3 is 2.07 bits per heavy atom. The maximum Gasteiger partial charge on any atom is 0.241 e. The number of ether oxygens (including phenoxy) is 4. The molecular formula is C22H30N2O5. The van der Waals surface area contributed by atoms with E-state index in [0.29, 0.717) is 35.2 Å². The molecule has 0 spiro atoms. The van der Waals surface area contributed by atoms with Gasteiger partial charge in [-0.05, 0) is 56.3 Å². The molecule has 0 radical (unpaired) electrons. The zero-order valence-corrected chi connectivity index (χ0v) is 18.2. The molecule has 0 saturated carbocycles. The van der Waals surface area contributed by atoms with E-state index in [9.17, 15) is 4.79 Å². The fourth-order valence-corrected chi connectivity index (χ4v) is 2.96. The molecule has 0 aliphatic rings. The Morgan fingerprint density at radius 1 is 0.931 bits per heavy atom. The van der Waals surface area contributed by atoms with Crippen LogP contribution in [0, 0.1) is 6.92 Å². The molecule has 0 bridgehead atoms. The molecule has 1 amide bonds. The lowest BCUT2D eigenvalue weighted by molar-refractivity contribution is -0.120. The van der Waals surface area contributed by atoms with Crippen molar-refractivity contribution in [3.8, 4) is 23.0 Å². The van der Waals surface area contributed by atoms with Crippen molar-refractivity contribution >= 4 is 11.6 Å². The summed E-state index contributed by atoms with van der Waals surface area (Å²) in [4.78, 5) is 14.7. The van der Waals surface area contributed by atoms with Crippen molar-refractivity contribution in [2.45, 2.75) is 26.4 Å². The van der Waals surface area contributed by atoms with Crippen molar-refractivity contribution in [1.29, 1.82) is 0 Å². The Morgan fingerprint density at radius 2 is 1.48 bits per heavy atom. The first-order valence-electron chi connectivity index (χ1n) is 9.29. The number of carbonyl (C=O) groups excluding carboxylic acids is 1. The van der Waals surface area contributed by atoms with Crippen LogP contribution in [-0.4, -0.2) is 52.3 Å². The second kappa shape index (κ2) is 10.0. The first kappa shape index (κ1) is 22.4. The van der Waals surface area contributed by atoms with E-state index in [-0.39, 0.29) is 11.9 Å². The molecule has 0 fully saturated rings. The number of hydrogen-bond acceptors (Lipinski definition) is 6. The lowest BCUT2D eigenvalue weighted by atomic mass is 10.1. The Kier molecular flexibility index (Phi) is 7.73. The monoisotopic (exact) mass is 402 g/mol. The van der Waals surface area contributed by atoms with Gasteiger partial charge >= 0.3 is 0 Å². The van der Waals surface area contributed by atoms with E-state index in [4.69, 9.17) is 18.9 Å². The predicted octanol–water partition coefficient (Wildman–Crippen LogP) is 3.49. The molecule has 0 aliphatic heterocycles. The molecule has 0 aliphatic carbocycles. The summed E-state index contributed by atoms with van der Waals surface area (Å²) in [5.41, 5.74) is 2.79. The first-order valence-corrected chi connectivity index (χ1v) is 9.29. The van der Waals surface area contributed by atoms with E-state index in [2.05, 4.69) is 5.32 Å². The van der Waals surface area contributed by atoms with Gasteiger partial charge < -0.3 is 24.3 Å². The van der Waals surface area contributed by atoms with Gasteiger partial charge in [-0.2, -0.15) is 0 Å². The molecule has 7 heteroatoms. The lowest BCUT2D eigenvalue weighted by Crippen LogP contribution is -2.39. The average Bonchev–Trinajstić information content (AvgIpc) is 2.73. The van der Waals surface area contributed by atoms with E-state index in [1.54, 1.807) is 46.6 Å². The molecule has 7 nitrogen and oxygen atoms in total. The Labute approximate surface area is 172 Å². The number of nitrogens with one attached hydrogen (secondary N) is 1. The van der Waals surface area contributed by atoms with Crippen LogP contribution in [-0.2, 0) is 11.3 Å². The minimum Gasteiger partial charge on any atom is -0.493 e. The number of aryl methyl sites for hydroxylation is 1. The van der Waals surface area contributed by atoms with Gasteiger partial charge in [-0.25, -0.2) is 0 Å². The van der Waals surface area contributed by atoms with Crippen LogP contribution in [0.25, 0.3) is 0 Å². The third-order valence-electron chi connectivity index (χ3n) is 4.95. The van der Waals surface area contributed by atoms with Crippen molar-refractivity contribution in [2.75, 3.05) is 40.8 Å². The third-order valence-corrected chi connectivity index (χ3v) is 4.95. The van der Waals surface area contributed by atoms with Crippen LogP contribution in [0.2, 0.25) is 0 Å². The van der Waals surface area contributed by atoms with E-state index >= 15 is 0 Å². The molecule has 0 saturated heterocycles. The summed E-state index contributed by atoms with van der Waals surface area (Å²) in [7, 11) is 8.27. The second-order valence-corrected chi connectivity index (χ2v) is 6.78. The standard InChI is InChI=1S/C22H30N2O5/c1-14-10-19(27-5)20(28-6)11-16(14)13-24(3)15(2)22(25)23-17-8-9-18(26-4)21(12-17)29-7/h8-12,15H,13H2,1-7H3,(H,23,25)/t15-/m1/s1. The maximum atomic E-state index is 12.7. The summed E-state index contributed by atoms with van der Waals surface area (Å²) >= 11 is 0. The Hall–Kier alpha value is -2.93. The fraction of sp³-hybridized carbons (Fsp3) is 0.409. The molecule has 2 rings (SSSR count). The van der Waals surface area contributed by atoms with Crippen molar-refractivity contribution in [3.05, 3.63) is 41.5 Å². The van der Waals surface area contributed by atoms with Crippen LogP contribution in [0.15, 0.2) is 30.3 Å². The third kappa shape index (κ3) is 5.32. The van der Waals surface area contributed by atoms with Crippen molar-refractivity contribution in [1.82, 2.24) is 4.90 Å². The molecule has 2 aromatic carbocycles. The average molecular weight is 402 g/mol. The molecule has 29 heavy (non-hydrogen) atoms. The minimum absolute atomic E-state index is 0.113. The molecular weight excluding hydrogens is 372 g/mol. The van der Waals surface area contributed by atoms with Gasteiger partial charge in [0.2, 0.25) is 5.91 Å². The summed E-state index contributed by atoms with van der Waals surface area (Å²) in [6, 6.07) is 8.82.